The first-order valence-corrected chi connectivity index (χ1v) is 35.8. The van der Waals surface area contributed by atoms with Gasteiger partial charge in [-0.05, 0) is 163 Å². The Bertz CT molecular complexity index is 4030. The van der Waals surface area contributed by atoms with Gasteiger partial charge in [0.2, 0.25) is 28.3 Å². The number of pyridine rings is 4. The summed E-state index contributed by atoms with van der Waals surface area (Å²) in [6.07, 6.45) is 26.3. The number of hydrogen-bond acceptors (Lipinski definition) is 0. The van der Waals surface area contributed by atoms with Gasteiger partial charge < -0.3 is 0 Å². The minimum absolute atomic E-state index is 0.789. The highest BCUT2D eigenvalue weighted by Crippen LogP contribution is 2.53. The van der Waals surface area contributed by atoms with Crippen molar-refractivity contribution in [2.75, 3.05) is 0 Å². The maximum Gasteiger partial charge on any atom is 0.213 e. The van der Waals surface area contributed by atoms with Crippen molar-refractivity contribution in [2.45, 2.75) is 170 Å². The number of rotatable bonds is 4. The van der Waals surface area contributed by atoms with Gasteiger partial charge >= 0.3 is 0 Å². The Hall–Kier alpha value is -7.82. The molecule has 92 heavy (non-hydrogen) atoms. The van der Waals surface area contributed by atoms with E-state index in [1.165, 1.54) is 136 Å². The SMILES string of the molecule is CC.CC.CC.CC.CC.CC.CC.CC.CC1=C(c2ccc3ccccc3[n+]2C)C=CC2CC12.CC1=CC2CC2C=C1c1cc2ccccc2c[n+]1C.Cc1ccc2c(c1-c1cc3ccccc3c[n+]1C)C2.Cc1ccccc1-c1cc2c(c[n+]1C)C1CC1C=C2. The predicted molar refractivity (Wildman–Crippen MR) is 403 cm³/mol. The van der Waals surface area contributed by atoms with Crippen LogP contribution in [0.2, 0.25) is 0 Å². The fraction of sp³-hybridized carbons (Fsp3) is 0.386. The molecule has 6 unspecified atom stereocenters. The highest BCUT2D eigenvalue weighted by atomic mass is 14.9. The molecule has 0 radical (unpaired) electrons. The van der Waals surface area contributed by atoms with Gasteiger partial charge in [-0.1, -0.05) is 232 Å². The Morgan fingerprint density at radius 2 is 0.902 bits per heavy atom. The first-order chi connectivity index (χ1) is 44.9. The minimum atomic E-state index is 0.789. The molecule has 0 amide bonds. The molecule has 4 heteroatoms. The average molecular weight is 1230 g/mol. The fourth-order valence-corrected chi connectivity index (χ4v) is 12.9. The van der Waals surface area contributed by atoms with E-state index in [1.54, 1.807) is 5.57 Å². The summed E-state index contributed by atoms with van der Waals surface area (Å²) in [4.78, 5) is 0. The quantitative estimate of drug-likeness (QED) is 0.156. The molecule has 4 aromatic heterocycles. The van der Waals surface area contributed by atoms with Crippen LogP contribution in [-0.2, 0) is 34.6 Å². The van der Waals surface area contributed by atoms with Gasteiger partial charge in [-0.25, -0.2) is 13.7 Å². The number of allylic oxidation sites excluding steroid dienone is 9. The highest BCUT2D eigenvalue weighted by molar-refractivity contribution is 5.87. The van der Waals surface area contributed by atoms with Crippen molar-refractivity contribution < 1.29 is 18.3 Å². The first-order valence-electron chi connectivity index (χ1n) is 35.8. The maximum absolute atomic E-state index is 2.48. The molecule has 7 aliphatic rings. The van der Waals surface area contributed by atoms with Crippen LogP contribution in [0.15, 0.2) is 200 Å². The van der Waals surface area contributed by atoms with Crippen LogP contribution in [0.3, 0.4) is 0 Å². The van der Waals surface area contributed by atoms with Gasteiger partial charge in [0.05, 0.1) is 5.56 Å². The average Bonchev–Trinajstić information content (AvgIpc) is 1.58. The number of benzene rings is 5. The Morgan fingerprint density at radius 3 is 1.53 bits per heavy atom. The number of hydrogen-bond donors (Lipinski definition) is 0. The lowest BCUT2D eigenvalue weighted by Crippen LogP contribution is -2.34. The van der Waals surface area contributed by atoms with Crippen LogP contribution in [-0.4, -0.2) is 0 Å². The molecule has 5 aromatic carbocycles. The fourth-order valence-electron chi connectivity index (χ4n) is 12.9. The van der Waals surface area contributed by atoms with Crippen molar-refractivity contribution >= 4 is 49.7 Å². The van der Waals surface area contributed by atoms with Gasteiger partial charge in [0.25, 0.3) is 0 Å². The van der Waals surface area contributed by atoms with Crippen molar-refractivity contribution in [1.82, 2.24) is 0 Å². The van der Waals surface area contributed by atoms with E-state index in [2.05, 4.69) is 269 Å². The standard InChI is InChI=1S/2C18H18N.C18H16N.C18H18N.8C2H6/c1-12-7-15-8-16(15)9-17(12)18-10-13-5-3-4-6-14(13)11-19(18)2;1-12-15(9-7-14-11-16(12)14)18-10-8-13-5-3-4-6-17(13)19(18)2;1-12-7-8-14-9-16(14)18(12)17-10-13-5-3-4-6-15(13)11-19(17)2;1-12-5-3-4-6-15(12)18-10-14-8-7-13-9-16(13)17(14)11-19(18)2;8*1-2/h3-7,9-11,15-16H,8H2,1-2H3;3-10,14,16H,11H2,1-2H3;3-8,10-11H,9H2,1-2H3;3-8,10-11,13,16H,9H2,1-2H3;8*1-2H3/q4*+1;;;;;;;;. The summed E-state index contributed by atoms with van der Waals surface area (Å²) in [7, 11) is 8.63. The maximum atomic E-state index is 2.48. The van der Waals surface area contributed by atoms with E-state index in [4.69, 9.17) is 0 Å². The van der Waals surface area contributed by atoms with Crippen molar-refractivity contribution in [3.05, 3.63) is 244 Å². The third-order valence-corrected chi connectivity index (χ3v) is 17.8. The van der Waals surface area contributed by atoms with E-state index in [9.17, 15) is 0 Å². The van der Waals surface area contributed by atoms with Crippen molar-refractivity contribution in [2.24, 2.45) is 57.8 Å². The molecule has 0 saturated heterocycles. The second-order valence-electron chi connectivity index (χ2n) is 23.0. The van der Waals surface area contributed by atoms with Crippen molar-refractivity contribution in [3.8, 4) is 22.5 Å². The van der Waals surface area contributed by atoms with E-state index >= 15 is 0 Å². The molecular formula is C88H118N4+4. The van der Waals surface area contributed by atoms with Gasteiger partial charge in [0, 0.05) is 68.8 Å². The lowest BCUT2D eigenvalue weighted by Gasteiger charge is -2.11. The van der Waals surface area contributed by atoms with Crippen LogP contribution in [0.1, 0.15) is 195 Å². The third-order valence-electron chi connectivity index (χ3n) is 17.8. The smallest absolute Gasteiger partial charge is 0.201 e. The van der Waals surface area contributed by atoms with Crippen molar-refractivity contribution in [1.29, 1.82) is 0 Å². The van der Waals surface area contributed by atoms with Crippen molar-refractivity contribution in [3.63, 3.8) is 0 Å². The molecule has 0 N–H and O–H groups in total. The zero-order valence-corrected chi connectivity index (χ0v) is 61.6. The molecule has 3 saturated carbocycles. The van der Waals surface area contributed by atoms with Crippen LogP contribution in [0.25, 0.3) is 72.2 Å². The molecule has 4 heterocycles. The molecular weight excluding hydrogens is 1110 g/mol. The molecule has 3 fully saturated rings. The number of aryl methyl sites for hydroxylation is 6. The van der Waals surface area contributed by atoms with Gasteiger partial charge in [-0.15, -0.1) is 0 Å². The Kier molecular flexibility index (Phi) is 29.7. The van der Waals surface area contributed by atoms with Gasteiger partial charge in [-0.2, -0.15) is 4.57 Å². The summed E-state index contributed by atoms with van der Waals surface area (Å²) in [5.41, 5.74) is 23.9. The van der Waals surface area contributed by atoms with Crippen LogP contribution >= 0.6 is 0 Å². The van der Waals surface area contributed by atoms with E-state index in [-0.39, 0.29) is 0 Å². The van der Waals surface area contributed by atoms with Crippen LogP contribution in [0.4, 0.5) is 0 Å². The summed E-state index contributed by atoms with van der Waals surface area (Å²) < 4.78 is 9.12. The topological polar surface area (TPSA) is 15.5 Å². The van der Waals surface area contributed by atoms with E-state index in [0.29, 0.717) is 0 Å². The van der Waals surface area contributed by atoms with Crippen LogP contribution in [0, 0.1) is 43.4 Å². The van der Waals surface area contributed by atoms with Gasteiger partial charge in [0.15, 0.2) is 18.6 Å². The summed E-state index contributed by atoms with van der Waals surface area (Å²) in [5, 5.41) is 6.53. The molecule has 0 bridgehead atoms. The first kappa shape index (κ1) is 74.9. The van der Waals surface area contributed by atoms with E-state index < -0.39 is 0 Å². The summed E-state index contributed by atoms with van der Waals surface area (Å²) in [5.74, 6) is 4.87. The lowest BCUT2D eigenvalue weighted by atomic mass is 9.95. The minimum Gasteiger partial charge on any atom is -0.201 e. The molecule has 7 aliphatic carbocycles. The molecule has 9 aromatic rings. The van der Waals surface area contributed by atoms with E-state index in [1.807, 2.05) is 111 Å². The molecule has 6 atom stereocenters. The number of nitrogens with zero attached hydrogens (tertiary/aromatic N) is 4. The van der Waals surface area contributed by atoms with Crippen LogP contribution in [0.5, 0.6) is 0 Å². The zero-order chi connectivity index (χ0) is 67.9. The third kappa shape index (κ3) is 17.4. The largest absolute Gasteiger partial charge is 0.213 e. The molecule has 4 nitrogen and oxygen atoms in total. The molecule has 0 aliphatic heterocycles. The van der Waals surface area contributed by atoms with Crippen LogP contribution < -0.4 is 18.3 Å². The number of fused-ring (bicyclic) bond motifs is 9. The molecule has 486 valence electrons. The second-order valence-corrected chi connectivity index (χ2v) is 23.0. The monoisotopic (exact) mass is 1230 g/mol. The lowest BCUT2D eigenvalue weighted by molar-refractivity contribution is -0.672. The summed E-state index contributed by atoms with van der Waals surface area (Å²) in [6, 6.07) is 50.3. The number of para-hydroxylation sites is 1. The van der Waals surface area contributed by atoms with Gasteiger partial charge in [0.1, 0.15) is 28.2 Å². The number of aromatic nitrogens is 4. The van der Waals surface area contributed by atoms with Gasteiger partial charge in [-0.3, -0.25) is 0 Å². The molecule has 16 rings (SSSR count). The Labute approximate surface area is 559 Å². The predicted octanol–water partition coefficient (Wildman–Crippen LogP) is 22.7. The normalized spacial score (nSPS) is 18.0. The second kappa shape index (κ2) is 36.4. The Balaban J connectivity index is 0.000000207. The molecule has 0 spiro atoms. The summed E-state index contributed by atoms with van der Waals surface area (Å²) >= 11 is 0. The zero-order valence-electron chi connectivity index (χ0n) is 61.6. The Morgan fingerprint density at radius 1 is 0.391 bits per heavy atom. The summed E-state index contributed by atoms with van der Waals surface area (Å²) in [6.45, 7) is 40.9. The highest BCUT2D eigenvalue weighted by Gasteiger charge is 2.42. The van der Waals surface area contributed by atoms with E-state index in [0.717, 1.165) is 41.9 Å².